The number of carbonyl (C=O) groups excluding carboxylic acids is 2. The van der Waals surface area contributed by atoms with E-state index in [1.807, 2.05) is 0 Å². The highest BCUT2D eigenvalue weighted by Crippen LogP contribution is 2.21. The van der Waals surface area contributed by atoms with Crippen LogP contribution < -0.4 is 14.8 Å². The normalized spacial score (nSPS) is 13.5. The number of nitriles is 1. The van der Waals surface area contributed by atoms with E-state index in [4.69, 9.17) is 14.7 Å². The third-order valence-electron chi connectivity index (χ3n) is 5.73. The Morgan fingerprint density at radius 2 is 1.72 bits per heavy atom. The molecular formula is C27H25FN4O4. The molecule has 1 aliphatic rings. The second-order valence-corrected chi connectivity index (χ2v) is 8.24. The number of nitrogens with one attached hydrogen (secondary N) is 1. The number of pyridine rings is 1. The van der Waals surface area contributed by atoms with Crippen molar-refractivity contribution in [1.29, 1.82) is 5.26 Å². The molecule has 4 rings (SSSR count). The summed E-state index contributed by atoms with van der Waals surface area (Å²) >= 11 is 0. The largest absolute Gasteiger partial charge is 0.492 e. The Bertz CT molecular complexity index is 1220. The first-order valence-corrected chi connectivity index (χ1v) is 11.6. The molecule has 0 bridgehead atoms. The molecule has 1 aliphatic heterocycles. The van der Waals surface area contributed by atoms with Crippen LogP contribution in [0.2, 0.25) is 0 Å². The van der Waals surface area contributed by atoms with Gasteiger partial charge in [-0.25, -0.2) is 4.39 Å². The zero-order valence-electron chi connectivity index (χ0n) is 19.5. The minimum Gasteiger partial charge on any atom is -0.492 e. The van der Waals surface area contributed by atoms with Crippen LogP contribution in [0.1, 0.15) is 39.3 Å². The highest BCUT2D eigenvalue weighted by Gasteiger charge is 2.25. The maximum absolute atomic E-state index is 12.9. The number of nitrogens with zero attached hydrogens (tertiary/aromatic N) is 3. The van der Waals surface area contributed by atoms with E-state index < -0.39 is 0 Å². The van der Waals surface area contributed by atoms with Gasteiger partial charge in [-0.3, -0.25) is 14.6 Å². The van der Waals surface area contributed by atoms with E-state index in [9.17, 15) is 14.0 Å². The van der Waals surface area contributed by atoms with Crippen LogP contribution in [0.25, 0.3) is 0 Å². The van der Waals surface area contributed by atoms with E-state index in [1.165, 1.54) is 36.5 Å². The number of aromatic nitrogens is 1. The van der Waals surface area contributed by atoms with Crippen molar-refractivity contribution in [2.75, 3.05) is 26.2 Å². The van der Waals surface area contributed by atoms with Crippen LogP contribution in [-0.2, 0) is 0 Å². The van der Waals surface area contributed by atoms with Crippen LogP contribution in [0.15, 0.2) is 66.9 Å². The molecule has 2 amide bonds. The average molecular weight is 489 g/mol. The molecule has 1 saturated heterocycles. The van der Waals surface area contributed by atoms with E-state index in [0.29, 0.717) is 48.6 Å². The fraction of sp³-hybridized carbons (Fsp3) is 0.259. The number of hydrogen-bond acceptors (Lipinski definition) is 6. The SMILES string of the molecule is N#Cc1ccc(OC2CCN(C(=O)c3ccc(C(=O)NCCOc4ccc(F)cc4)nc3)CC2)cc1. The number of ether oxygens (including phenoxy) is 2. The summed E-state index contributed by atoms with van der Waals surface area (Å²) < 4.78 is 24.3. The number of halogens is 1. The maximum atomic E-state index is 12.9. The first kappa shape index (κ1) is 24.7. The number of carbonyl (C=O) groups is 2. The highest BCUT2D eigenvalue weighted by atomic mass is 19.1. The van der Waals surface area contributed by atoms with Gasteiger partial charge < -0.3 is 19.7 Å². The van der Waals surface area contributed by atoms with Gasteiger partial charge in [0.15, 0.2) is 0 Å². The minimum absolute atomic E-state index is 0.00165. The highest BCUT2D eigenvalue weighted by molar-refractivity contribution is 5.96. The monoisotopic (exact) mass is 488 g/mol. The van der Waals surface area contributed by atoms with Crippen molar-refractivity contribution in [1.82, 2.24) is 15.2 Å². The van der Waals surface area contributed by atoms with Gasteiger partial charge in [0.05, 0.1) is 23.7 Å². The van der Waals surface area contributed by atoms with E-state index in [0.717, 1.165) is 0 Å². The van der Waals surface area contributed by atoms with E-state index in [2.05, 4.69) is 16.4 Å². The Balaban J connectivity index is 1.20. The number of amides is 2. The number of rotatable bonds is 8. The molecule has 36 heavy (non-hydrogen) atoms. The third kappa shape index (κ3) is 6.57. The predicted octanol–water partition coefficient (Wildman–Crippen LogP) is 3.58. The fourth-order valence-corrected chi connectivity index (χ4v) is 3.77. The first-order valence-electron chi connectivity index (χ1n) is 11.6. The van der Waals surface area contributed by atoms with Crippen LogP contribution in [-0.4, -0.2) is 54.0 Å². The second kappa shape index (κ2) is 11.8. The molecule has 0 radical (unpaired) electrons. The van der Waals surface area contributed by atoms with Gasteiger partial charge >= 0.3 is 0 Å². The molecule has 1 aromatic heterocycles. The molecule has 2 aromatic carbocycles. The molecule has 9 heteroatoms. The van der Waals surface area contributed by atoms with Gasteiger partial charge in [-0.15, -0.1) is 0 Å². The lowest BCUT2D eigenvalue weighted by molar-refractivity contribution is 0.0594. The molecule has 1 N–H and O–H groups in total. The summed E-state index contributed by atoms with van der Waals surface area (Å²) in [5.41, 5.74) is 1.19. The van der Waals surface area contributed by atoms with Crippen LogP contribution in [0.4, 0.5) is 4.39 Å². The molecule has 8 nitrogen and oxygen atoms in total. The molecule has 0 aliphatic carbocycles. The van der Waals surface area contributed by atoms with Crippen molar-refractivity contribution >= 4 is 11.8 Å². The lowest BCUT2D eigenvalue weighted by Gasteiger charge is -2.32. The van der Waals surface area contributed by atoms with E-state index in [-0.39, 0.29) is 42.6 Å². The zero-order chi connectivity index (χ0) is 25.3. The van der Waals surface area contributed by atoms with Crippen LogP contribution in [0.3, 0.4) is 0 Å². The third-order valence-corrected chi connectivity index (χ3v) is 5.73. The molecule has 2 heterocycles. The number of hydrogen-bond donors (Lipinski definition) is 1. The molecule has 1 fully saturated rings. The second-order valence-electron chi connectivity index (χ2n) is 8.24. The summed E-state index contributed by atoms with van der Waals surface area (Å²) in [4.78, 5) is 31.0. The van der Waals surface area contributed by atoms with Gasteiger partial charge in [0.25, 0.3) is 11.8 Å². The molecule has 0 unspecified atom stereocenters. The number of likely N-dealkylation sites (tertiary alicyclic amines) is 1. The van der Waals surface area contributed by atoms with Crippen molar-refractivity contribution in [3.63, 3.8) is 0 Å². The average Bonchev–Trinajstić information content (AvgIpc) is 2.92. The van der Waals surface area contributed by atoms with Gasteiger partial charge in [0.1, 0.15) is 35.7 Å². The maximum Gasteiger partial charge on any atom is 0.269 e. The van der Waals surface area contributed by atoms with Crippen molar-refractivity contribution < 1.29 is 23.5 Å². The standard InChI is InChI=1S/C27H25FN4O4/c28-21-4-8-22(9-5-21)35-16-13-30-26(33)25-10-3-20(18-31-25)27(34)32-14-11-24(12-15-32)36-23-6-1-19(17-29)2-7-23/h1-10,18,24H,11-16H2,(H,30,33). The molecule has 0 spiro atoms. The van der Waals surface area contributed by atoms with Gasteiger partial charge in [-0.2, -0.15) is 5.26 Å². The topological polar surface area (TPSA) is 105 Å². The van der Waals surface area contributed by atoms with Gasteiger partial charge in [-0.05, 0) is 60.7 Å². The van der Waals surface area contributed by atoms with E-state index in [1.54, 1.807) is 35.2 Å². The van der Waals surface area contributed by atoms with Gasteiger partial charge in [0.2, 0.25) is 0 Å². The van der Waals surface area contributed by atoms with Gasteiger partial charge in [-0.1, -0.05) is 0 Å². The van der Waals surface area contributed by atoms with Crippen LogP contribution >= 0.6 is 0 Å². The lowest BCUT2D eigenvalue weighted by Crippen LogP contribution is -2.41. The van der Waals surface area contributed by atoms with Crippen LogP contribution in [0, 0.1) is 17.1 Å². The minimum atomic E-state index is -0.377. The van der Waals surface area contributed by atoms with Crippen molar-refractivity contribution in [3.8, 4) is 17.6 Å². The lowest BCUT2D eigenvalue weighted by atomic mass is 10.1. The Morgan fingerprint density at radius 1 is 1.03 bits per heavy atom. The Kier molecular flexibility index (Phi) is 8.08. The summed E-state index contributed by atoms with van der Waals surface area (Å²) in [7, 11) is 0. The summed E-state index contributed by atoms with van der Waals surface area (Å²) in [6.07, 6.45) is 2.79. The van der Waals surface area contributed by atoms with Crippen molar-refractivity contribution in [3.05, 3.63) is 89.5 Å². The van der Waals surface area contributed by atoms with E-state index >= 15 is 0 Å². The summed E-state index contributed by atoms with van der Waals surface area (Å²) in [6.45, 7) is 1.57. The first-order chi connectivity index (χ1) is 17.5. The zero-order valence-corrected chi connectivity index (χ0v) is 19.5. The molecule has 3 aromatic rings. The predicted molar refractivity (Wildman–Crippen MR) is 129 cm³/mol. The summed E-state index contributed by atoms with van der Waals surface area (Å²) in [6, 6.07) is 17.8. The molecule has 0 saturated carbocycles. The fourth-order valence-electron chi connectivity index (χ4n) is 3.77. The summed E-state index contributed by atoms with van der Waals surface area (Å²) in [5.74, 6) is 0.355. The Hall–Kier alpha value is -4.45. The Labute approximate surface area is 208 Å². The van der Waals surface area contributed by atoms with Crippen molar-refractivity contribution in [2.45, 2.75) is 18.9 Å². The van der Waals surface area contributed by atoms with Gasteiger partial charge in [0, 0.05) is 32.1 Å². The van der Waals surface area contributed by atoms with Crippen molar-refractivity contribution in [2.24, 2.45) is 0 Å². The molecule has 0 atom stereocenters. The quantitative estimate of drug-likeness (QED) is 0.486. The number of piperidine rings is 1. The number of benzene rings is 2. The smallest absolute Gasteiger partial charge is 0.269 e. The molecule has 184 valence electrons. The van der Waals surface area contributed by atoms with Crippen LogP contribution in [0.5, 0.6) is 11.5 Å². The summed E-state index contributed by atoms with van der Waals surface area (Å²) in [5, 5.41) is 11.6. The Morgan fingerprint density at radius 3 is 2.36 bits per heavy atom. The molecular weight excluding hydrogens is 463 g/mol.